The number of carbonyl (C=O) groups is 1. The standard InChI is InChI=1S/C11H16BrN3O3/c1-3-18-11(4-6-17-7-5-11)9(16)8-10(12)13-14-15(8)2/h3-7H2,1-2H3. The minimum absolute atomic E-state index is 0.0768. The predicted octanol–water partition coefficient (Wildman–Crippen LogP) is 1.35. The van der Waals surface area contributed by atoms with Crippen LogP contribution >= 0.6 is 15.9 Å². The Labute approximate surface area is 114 Å². The number of hydrogen-bond donors (Lipinski definition) is 0. The van der Waals surface area contributed by atoms with Crippen LogP contribution in [0.3, 0.4) is 0 Å². The van der Waals surface area contributed by atoms with Crippen molar-refractivity contribution in [3.63, 3.8) is 0 Å². The summed E-state index contributed by atoms with van der Waals surface area (Å²) >= 11 is 3.26. The van der Waals surface area contributed by atoms with Gasteiger partial charge in [0, 0.05) is 39.7 Å². The SMILES string of the molecule is CCOC1(C(=O)c2c(Br)nnn2C)CCOCC1. The number of hydrogen-bond acceptors (Lipinski definition) is 5. The van der Waals surface area contributed by atoms with E-state index < -0.39 is 5.60 Å². The van der Waals surface area contributed by atoms with Gasteiger partial charge in [-0.15, -0.1) is 5.10 Å². The van der Waals surface area contributed by atoms with E-state index in [0.29, 0.717) is 43.0 Å². The van der Waals surface area contributed by atoms with E-state index in [0.717, 1.165) is 0 Å². The van der Waals surface area contributed by atoms with E-state index in [1.54, 1.807) is 7.05 Å². The molecule has 0 unspecified atom stereocenters. The van der Waals surface area contributed by atoms with E-state index in [2.05, 4.69) is 26.2 Å². The first-order valence-electron chi connectivity index (χ1n) is 5.92. The van der Waals surface area contributed by atoms with Gasteiger partial charge in [0.2, 0.25) is 5.78 Å². The molecule has 0 spiro atoms. The third-order valence-electron chi connectivity index (χ3n) is 3.14. The van der Waals surface area contributed by atoms with Crippen molar-refractivity contribution in [2.45, 2.75) is 25.4 Å². The molecule has 18 heavy (non-hydrogen) atoms. The number of ketones is 1. The summed E-state index contributed by atoms with van der Waals surface area (Å²) < 4.78 is 13.0. The fourth-order valence-corrected chi connectivity index (χ4v) is 2.71. The second kappa shape index (κ2) is 5.46. The fraction of sp³-hybridized carbons (Fsp3) is 0.727. The van der Waals surface area contributed by atoms with E-state index in [1.165, 1.54) is 4.68 Å². The van der Waals surface area contributed by atoms with Crippen LogP contribution in [0.4, 0.5) is 0 Å². The number of Topliss-reactive ketones (excluding diaryl/α,β-unsaturated/α-hetero) is 1. The number of rotatable bonds is 4. The van der Waals surface area contributed by atoms with E-state index in [-0.39, 0.29) is 5.78 Å². The summed E-state index contributed by atoms with van der Waals surface area (Å²) in [7, 11) is 1.70. The van der Waals surface area contributed by atoms with Crippen molar-refractivity contribution >= 4 is 21.7 Å². The molecule has 2 rings (SSSR count). The van der Waals surface area contributed by atoms with E-state index >= 15 is 0 Å². The highest BCUT2D eigenvalue weighted by Gasteiger charge is 2.43. The Morgan fingerprint density at radius 2 is 2.22 bits per heavy atom. The summed E-state index contributed by atoms with van der Waals surface area (Å²) in [4.78, 5) is 12.7. The predicted molar refractivity (Wildman–Crippen MR) is 67.4 cm³/mol. The van der Waals surface area contributed by atoms with Gasteiger partial charge in [-0.2, -0.15) is 0 Å². The van der Waals surface area contributed by atoms with Crippen LogP contribution in [-0.4, -0.2) is 46.2 Å². The molecule has 1 aromatic rings. The molecule has 1 aliphatic rings. The lowest BCUT2D eigenvalue weighted by Crippen LogP contribution is -2.47. The van der Waals surface area contributed by atoms with Crippen LogP contribution in [0.5, 0.6) is 0 Å². The first-order chi connectivity index (χ1) is 8.60. The van der Waals surface area contributed by atoms with Crippen LogP contribution in [0.15, 0.2) is 4.60 Å². The van der Waals surface area contributed by atoms with Gasteiger partial charge in [0.1, 0.15) is 11.3 Å². The summed E-state index contributed by atoms with van der Waals surface area (Å²) in [5, 5.41) is 7.68. The lowest BCUT2D eigenvalue weighted by Gasteiger charge is -2.35. The van der Waals surface area contributed by atoms with Gasteiger partial charge in [-0.05, 0) is 22.9 Å². The molecule has 0 bridgehead atoms. The smallest absolute Gasteiger partial charge is 0.215 e. The second-order valence-corrected chi connectivity index (χ2v) is 4.97. The zero-order chi connectivity index (χ0) is 13.2. The first kappa shape index (κ1) is 13.6. The van der Waals surface area contributed by atoms with E-state index in [1.807, 2.05) is 6.92 Å². The Hall–Kier alpha value is -0.790. The topological polar surface area (TPSA) is 66.2 Å². The average Bonchev–Trinajstić information content (AvgIpc) is 2.70. The summed E-state index contributed by atoms with van der Waals surface area (Å²) in [6.45, 7) is 3.46. The van der Waals surface area contributed by atoms with Gasteiger partial charge in [-0.1, -0.05) is 5.21 Å². The monoisotopic (exact) mass is 317 g/mol. The number of aromatic nitrogens is 3. The Kier molecular flexibility index (Phi) is 4.14. The Morgan fingerprint density at radius 3 is 2.72 bits per heavy atom. The number of aryl methyl sites for hydroxylation is 1. The minimum atomic E-state index is -0.801. The Balaban J connectivity index is 2.34. The van der Waals surface area contributed by atoms with Crippen LogP contribution in [-0.2, 0) is 16.5 Å². The van der Waals surface area contributed by atoms with Crippen molar-refractivity contribution in [1.82, 2.24) is 15.0 Å². The van der Waals surface area contributed by atoms with Gasteiger partial charge in [0.15, 0.2) is 4.60 Å². The molecule has 100 valence electrons. The van der Waals surface area contributed by atoms with Crippen LogP contribution in [0.1, 0.15) is 30.3 Å². The minimum Gasteiger partial charge on any atom is -0.381 e. The molecular formula is C11H16BrN3O3. The summed E-state index contributed by atoms with van der Waals surface area (Å²) in [5.74, 6) is -0.0768. The van der Waals surface area contributed by atoms with Crippen LogP contribution in [0.2, 0.25) is 0 Å². The van der Waals surface area contributed by atoms with Crippen molar-refractivity contribution in [1.29, 1.82) is 0 Å². The second-order valence-electron chi connectivity index (χ2n) is 4.22. The summed E-state index contributed by atoms with van der Waals surface area (Å²) in [6, 6.07) is 0. The largest absolute Gasteiger partial charge is 0.381 e. The molecule has 6 nitrogen and oxygen atoms in total. The van der Waals surface area contributed by atoms with Crippen molar-refractivity contribution in [2.75, 3.05) is 19.8 Å². The third kappa shape index (κ3) is 2.34. The highest BCUT2D eigenvalue weighted by molar-refractivity contribution is 9.10. The molecule has 0 atom stereocenters. The zero-order valence-electron chi connectivity index (χ0n) is 10.5. The molecule has 0 saturated carbocycles. The molecule has 0 aromatic carbocycles. The third-order valence-corrected chi connectivity index (χ3v) is 3.67. The molecule has 7 heteroatoms. The Bertz CT molecular complexity index is 416. The first-order valence-corrected chi connectivity index (χ1v) is 6.71. The molecule has 0 N–H and O–H groups in total. The van der Waals surface area contributed by atoms with E-state index in [9.17, 15) is 4.79 Å². The Morgan fingerprint density at radius 1 is 1.56 bits per heavy atom. The molecule has 0 aliphatic carbocycles. The average molecular weight is 318 g/mol. The van der Waals surface area contributed by atoms with Crippen molar-refractivity contribution in [3.05, 3.63) is 10.3 Å². The molecule has 2 heterocycles. The maximum Gasteiger partial charge on any atom is 0.215 e. The lowest BCUT2D eigenvalue weighted by molar-refractivity contribution is -0.0826. The van der Waals surface area contributed by atoms with Gasteiger partial charge in [-0.3, -0.25) is 4.79 Å². The number of halogens is 1. The van der Waals surface area contributed by atoms with E-state index in [4.69, 9.17) is 9.47 Å². The number of ether oxygens (including phenoxy) is 2. The fourth-order valence-electron chi connectivity index (χ4n) is 2.20. The summed E-state index contributed by atoms with van der Waals surface area (Å²) in [6.07, 6.45) is 1.13. The van der Waals surface area contributed by atoms with Gasteiger partial charge in [-0.25, -0.2) is 4.68 Å². The van der Waals surface area contributed by atoms with Gasteiger partial charge in [0.05, 0.1) is 0 Å². The molecule has 1 aromatic heterocycles. The lowest BCUT2D eigenvalue weighted by atomic mass is 9.87. The van der Waals surface area contributed by atoms with Crippen molar-refractivity contribution in [2.24, 2.45) is 7.05 Å². The van der Waals surface area contributed by atoms with Crippen LogP contribution in [0.25, 0.3) is 0 Å². The maximum absolute atomic E-state index is 12.7. The van der Waals surface area contributed by atoms with Crippen molar-refractivity contribution in [3.8, 4) is 0 Å². The van der Waals surface area contributed by atoms with Crippen LogP contribution < -0.4 is 0 Å². The zero-order valence-corrected chi connectivity index (χ0v) is 12.1. The maximum atomic E-state index is 12.7. The quantitative estimate of drug-likeness (QED) is 0.784. The highest BCUT2D eigenvalue weighted by Crippen LogP contribution is 2.31. The normalized spacial score (nSPS) is 18.8. The number of nitrogens with zero attached hydrogens (tertiary/aromatic N) is 3. The molecule has 0 radical (unpaired) electrons. The highest BCUT2D eigenvalue weighted by atomic mass is 79.9. The van der Waals surface area contributed by atoms with Crippen molar-refractivity contribution < 1.29 is 14.3 Å². The van der Waals surface area contributed by atoms with Gasteiger partial charge >= 0.3 is 0 Å². The van der Waals surface area contributed by atoms with Gasteiger partial charge < -0.3 is 9.47 Å². The number of carbonyl (C=O) groups excluding carboxylic acids is 1. The molecule has 1 fully saturated rings. The molecular weight excluding hydrogens is 302 g/mol. The molecule has 1 saturated heterocycles. The van der Waals surface area contributed by atoms with Gasteiger partial charge in [0.25, 0.3) is 0 Å². The summed E-state index contributed by atoms with van der Waals surface area (Å²) in [5.41, 5.74) is -0.351. The molecule has 0 amide bonds. The van der Waals surface area contributed by atoms with Crippen LogP contribution in [0, 0.1) is 0 Å². The molecule has 1 aliphatic heterocycles.